The molecule has 3 heteroatoms. The third kappa shape index (κ3) is 2.20. The molecule has 1 N–H and O–H groups in total. The second-order valence-electron chi connectivity index (χ2n) is 2.21. The van der Waals surface area contributed by atoms with Crippen LogP contribution in [0.15, 0.2) is 22.7 Å². The summed E-state index contributed by atoms with van der Waals surface area (Å²) in [6, 6.07) is 5.10. The summed E-state index contributed by atoms with van der Waals surface area (Å²) < 4.78 is 5.88. The quantitative estimate of drug-likeness (QED) is 0.823. The van der Waals surface area contributed by atoms with Crippen LogP contribution in [0.4, 0.5) is 0 Å². The molecule has 0 bridgehead atoms. The lowest BCUT2D eigenvalue weighted by Gasteiger charge is -2.02. The summed E-state index contributed by atoms with van der Waals surface area (Å²) >= 11 is 3.34. The van der Waals surface area contributed by atoms with Crippen molar-refractivity contribution >= 4 is 15.9 Å². The average molecular weight is 217 g/mol. The summed E-state index contributed by atoms with van der Waals surface area (Å²) in [5.41, 5.74) is 0.951. The van der Waals surface area contributed by atoms with Gasteiger partial charge in [0.05, 0.1) is 6.61 Å². The molecule has 0 saturated carbocycles. The highest BCUT2D eigenvalue weighted by Gasteiger charge is 1.99. The molecule has 1 rings (SSSR count). The van der Waals surface area contributed by atoms with Gasteiger partial charge in [-0.05, 0) is 23.8 Å². The lowest BCUT2D eigenvalue weighted by atomic mass is 10.2. The van der Waals surface area contributed by atoms with Crippen LogP contribution in [-0.2, 0) is 11.3 Å². The van der Waals surface area contributed by atoms with Gasteiger partial charge in [-0.15, -0.1) is 0 Å². The van der Waals surface area contributed by atoms with Crippen LogP contribution in [0.5, 0.6) is 5.75 Å². The summed E-state index contributed by atoms with van der Waals surface area (Å²) in [5.74, 6) is 0.264. The van der Waals surface area contributed by atoms with Crippen LogP contribution < -0.4 is 0 Å². The van der Waals surface area contributed by atoms with Crippen LogP contribution in [-0.4, -0.2) is 12.2 Å². The van der Waals surface area contributed by atoms with Gasteiger partial charge in [-0.2, -0.15) is 0 Å². The van der Waals surface area contributed by atoms with Gasteiger partial charge < -0.3 is 9.84 Å². The molecular weight excluding hydrogens is 208 g/mol. The number of benzene rings is 1. The number of rotatable bonds is 2. The number of halogens is 1. The number of phenolic OH excluding ortho intramolecular Hbond substituents is 1. The molecule has 0 heterocycles. The highest BCUT2D eigenvalue weighted by molar-refractivity contribution is 9.10. The summed E-state index contributed by atoms with van der Waals surface area (Å²) in [5, 5.41) is 9.09. The largest absolute Gasteiger partial charge is 0.508 e. The van der Waals surface area contributed by atoms with Crippen LogP contribution in [0, 0.1) is 0 Å². The molecule has 0 radical (unpaired) electrons. The molecule has 0 amide bonds. The van der Waals surface area contributed by atoms with E-state index in [0.717, 1.165) is 10.0 Å². The molecule has 0 aliphatic heterocycles. The SMILES string of the molecule is COCc1cc(O)ccc1Br. The smallest absolute Gasteiger partial charge is 0.116 e. The van der Waals surface area contributed by atoms with Crippen LogP contribution in [0.25, 0.3) is 0 Å². The molecule has 0 saturated heterocycles. The fourth-order valence-corrected chi connectivity index (χ4v) is 1.19. The van der Waals surface area contributed by atoms with E-state index in [1.165, 1.54) is 0 Å². The number of hydrogen-bond acceptors (Lipinski definition) is 2. The third-order valence-corrected chi connectivity index (χ3v) is 2.10. The Morgan fingerprint density at radius 3 is 2.91 bits per heavy atom. The molecule has 0 fully saturated rings. The second kappa shape index (κ2) is 3.74. The Morgan fingerprint density at radius 2 is 2.27 bits per heavy atom. The van der Waals surface area contributed by atoms with Gasteiger partial charge in [-0.1, -0.05) is 15.9 Å². The van der Waals surface area contributed by atoms with Crippen LogP contribution in [0.1, 0.15) is 5.56 Å². The van der Waals surface area contributed by atoms with E-state index in [-0.39, 0.29) is 5.75 Å². The van der Waals surface area contributed by atoms with E-state index >= 15 is 0 Å². The van der Waals surface area contributed by atoms with Crippen molar-refractivity contribution in [3.05, 3.63) is 28.2 Å². The van der Waals surface area contributed by atoms with Gasteiger partial charge in [0.25, 0.3) is 0 Å². The van der Waals surface area contributed by atoms with Crippen molar-refractivity contribution in [3.63, 3.8) is 0 Å². The first-order chi connectivity index (χ1) is 5.24. The minimum Gasteiger partial charge on any atom is -0.508 e. The standard InChI is InChI=1S/C8H9BrO2/c1-11-5-6-4-7(10)2-3-8(6)9/h2-4,10H,5H2,1H3. The van der Waals surface area contributed by atoms with Gasteiger partial charge in [-0.25, -0.2) is 0 Å². The molecule has 0 aliphatic carbocycles. The topological polar surface area (TPSA) is 29.5 Å². The van der Waals surface area contributed by atoms with E-state index in [0.29, 0.717) is 6.61 Å². The van der Waals surface area contributed by atoms with Crippen molar-refractivity contribution in [2.75, 3.05) is 7.11 Å². The minimum absolute atomic E-state index is 0.264. The van der Waals surface area contributed by atoms with Gasteiger partial charge in [0.2, 0.25) is 0 Å². The maximum atomic E-state index is 9.09. The zero-order chi connectivity index (χ0) is 8.27. The van der Waals surface area contributed by atoms with Gasteiger partial charge in [0, 0.05) is 11.6 Å². The van der Waals surface area contributed by atoms with Crippen molar-refractivity contribution in [1.29, 1.82) is 0 Å². The lowest BCUT2D eigenvalue weighted by molar-refractivity contribution is 0.184. The first-order valence-corrected chi connectivity index (χ1v) is 3.99. The number of hydrogen-bond donors (Lipinski definition) is 1. The molecular formula is C8H9BrO2. The fraction of sp³-hybridized carbons (Fsp3) is 0.250. The second-order valence-corrected chi connectivity index (χ2v) is 3.06. The highest BCUT2D eigenvalue weighted by Crippen LogP contribution is 2.21. The normalized spacial score (nSPS) is 10.0. The monoisotopic (exact) mass is 216 g/mol. The number of aromatic hydroxyl groups is 1. The Bertz CT molecular complexity index is 248. The fourth-order valence-electron chi connectivity index (χ4n) is 0.827. The lowest BCUT2D eigenvalue weighted by Crippen LogP contribution is -1.87. The molecule has 2 nitrogen and oxygen atoms in total. The Kier molecular flexibility index (Phi) is 2.91. The Labute approximate surface area is 73.9 Å². The molecule has 0 aliphatic rings. The van der Waals surface area contributed by atoms with Crippen LogP contribution in [0.2, 0.25) is 0 Å². The zero-order valence-corrected chi connectivity index (χ0v) is 7.76. The Morgan fingerprint density at radius 1 is 1.55 bits per heavy atom. The van der Waals surface area contributed by atoms with Gasteiger partial charge in [0.1, 0.15) is 5.75 Å². The number of ether oxygens (including phenoxy) is 1. The molecule has 11 heavy (non-hydrogen) atoms. The summed E-state index contributed by atoms with van der Waals surface area (Å²) in [6.07, 6.45) is 0. The molecule has 60 valence electrons. The van der Waals surface area contributed by atoms with Crippen molar-refractivity contribution in [1.82, 2.24) is 0 Å². The first-order valence-electron chi connectivity index (χ1n) is 3.20. The molecule has 0 atom stereocenters. The van der Waals surface area contributed by atoms with Crippen molar-refractivity contribution in [3.8, 4) is 5.75 Å². The Balaban J connectivity index is 2.93. The minimum atomic E-state index is 0.264. The molecule has 0 unspecified atom stereocenters. The van der Waals surface area contributed by atoms with Crippen molar-refractivity contribution in [2.45, 2.75) is 6.61 Å². The van der Waals surface area contributed by atoms with Gasteiger partial charge >= 0.3 is 0 Å². The number of phenols is 1. The maximum absolute atomic E-state index is 9.09. The van der Waals surface area contributed by atoms with Gasteiger partial charge in [0.15, 0.2) is 0 Å². The summed E-state index contributed by atoms with van der Waals surface area (Å²) in [4.78, 5) is 0. The predicted octanol–water partition coefficient (Wildman–Crippen LogP) is 2.30. The van der Waals surface area contributed by atoms with Crippen molar-refractivity contribution in [2.24, 2.45) is 0 Å². The van der Waals surface area contributed by atoms with E-state index in [1.54, 1.807) is 25.3 Å². The van der Waals surface area contributed by atoms with Crippen molar-refractivity contribution < 1.29 is 9.84 Å². The average Bonchev–Trinajstić information content (AvgIpc) is 1.98. The van der Waals surface area contributed by atoms with E-state index in [1.807, 2.05) is 0 Å². The molecule has 1 aromatic rings. The van der Waals surface area contributed by atoms with Crippen LogP contribution >= 0.6 is 15.9 Å². The molecule has 0 spiro atoms. The third-order valence-electron chi connectivity index (χ3n) is 1.33. The highest BCUT2D eigenvalue weighted by atomic mass is 79.9. The van der Waals surface area contributed by atoms with E-state index in [9.17, 15) is 0 Å². The van der Waals surface area contributed by atoms with E-state index in [2.05, 4.69) is 15.9 Å². The summed E-state index contributed by atoms with van der Waals surface area (Å²) in [6.45, 7) is 0.509. The van der Waals surface area contributed by atoms with Gasteiger partial charge in [-0.3, -0.25) is 0 Å². The van der Waals surface area contributed by atoms with Crippen LogP contribution in [0.3, 0.4) is 0 Å². The first kappa shape index (κ1) is 8.56. The molecule has 1 aromatic carbocycles. The predicted molar refractivity (Wildman–Crippen MR) is 46.5 cm³/mol. The zero-order valence-electron chi connectivity index (χ0n) is 6.17. The Hall–Kier alpha value is -0.540. The summed E-state index contributed by atoms with van der Waals surface area (Å²) in [7, 11) is 1.62. The number of methoxy groups -OCH3 is 1. The van der Waals surface area contributed by atoms with E-state index < -0.39 is 0 Å². The maximum Gasteiger partial charge on any atom is 0.116 e. The molecule has 0 aromatic heterocycles. The van der Waals surface area contributed by atoms with E-state index in [4.69, 9.17) is 9.84 Å².